The Kier molecular flexibility index (Phi) is 2.20. The molecule has 0 spiro atoms. The molecule has 2 aromatic rings. The molecule has 96 valence electrons. The number of carbonyl (C=O) groups excluding carboxylic acids is 1. The molecule has 4 heterocycles. The van der Waals surface area contributed by atoms with E-state index in [2.05, 4.69) is 26.6 Å². The summed E-state index contributed by atoms with van der Waals surface area (Å²) in [5.74, 6) is 0.957. The van der Waals surface area contributed by atoms with Gasteiger partial charge in [-0.25, -0.2) is 4.98 Å². The van der Waals surface area contributed by atoms with Crippen LogP contribution in [-0.2, 0) is 11.2 Å². The maximum atomic E-state index is 12.4. The fraction of sp³-hybridized carbons (Fsp3) is 0.286. The van der Waals surface area contributed by atoms with E-state index in [0.717, 1.165) is 35.7 Å². The van der Waals surface area contributed by atoms with Crippen LogP contribution in [0.15, 0.2) is 23.6 Å². The Hall–Kier alpha value is -1.88. The van der Waals surface area contributed by atoms with E-state index in [4.69, 9.17) is 0 Å². The molecule has 1 N–H and O–H groups in total. The second kappa shape index (κ2) is 3.81. The van der Waals surface area contributed by atoms with Crippen molar-refractivity contribution in [1.29, 1.82) is 0 Å². The van der Waals surface area contributed by atoms with Crippen LogP contribution in [0, 0.1) is 6.92 Å². The van der Waals surface area contributed by atoms with Gasteiger partial charge in [-0.05, 0) is 42.5 Å². The van der Waals surface area contributed by atoms with Crippen LogP contribution in [0.25, 0.3) is 0 Å². The van der Waals surface area contributed by atoms with E-state index >= 15 is 0 Å². The summed E-state index contributed by atoms with van der Waals surface area (Å²) in [4.78, 5) is 20.4. The van der Waals surface area contributed by atoms with Crippen molar-refractivity contribution in [3.8, 4) is 0 Å². The number of thiophene rings is 1. The third-order valence-corrected chi connectivity index (χ3v) is 4.76. The van der Waals surface area contributed by atoms with E-state index in [0.29, 0.717) is 0 Å². The molecule has 2 aromatic heterocycles. The average Bonchev–Trinajstić information content (AvgIpc) is 2.87. The Balaban J connectivity index is 1.89. The summed E-state index contributed by atoms with van der Waals surface area (Å²) in [5.41, 5.74) is 2.94. The molecule has 1 unspecified atom stereocenters. The van der Waals surface area contributed by atoms with Crippen LogP contribution < -0.4 is 10.2 Å². The smallest absolute Gasteiger partial charge is 0.251 e. The second-order valence-corrected chi connectivity index (χ2v) is 5.96. The van der Waals surface area contributed by atoms with E-state index in [1.807, 2.05) is 19.1 Å². The molecule has 5 heteroatoms. The van der Waals surface area contributed by atoms with Gasteiger partial charge in [-0.1, -0.05) is 0 Å². The molecule has 0 saturated carbocycles. The molecule has 2 aliphatic rings. The van der Waals surface area contributed by atoms with Gasteiger partial charge in [-0.15, -0.1) is 11.3 Å². The summed E-state index contributed by atoms with van der Waals surface area (Å²) in [6, 6.07) is 5.72. The number of carbonyl (C=O) groups is 1. The lowest BCUT2D eigenvalue weighted by atomic mass is 9.97. The Morgan fingerprint density at radius 1 is 1.42 bits per heavy atom. The van der Waals surface area contributed by atoms with Crippen molar-refractivity contribution >= 4 is 28.7 Å². The second-order valence-electron chi connectivity index (χ2n) is 4.96. The molecule has 1 amide bonds. The predicted octanol–water partition coefficient (Wildman–Crippen LogP) is 2.51. The zero-order valence-corrected chi connectivity index (χ0v) is 11.3. The Bertz CT molecular complexity index is 679. The van der Waals surface area contributed by atoms with Crippen molar-refractivity contribution < 1.29 is 4.79 Å². The van der Waals surface area contributed by atoms with Gasteiger partial charge in [-0.3, -0.25) is 4.79 Å². The van der Waals surface area contributed by atoms with Crippen LogP contribution >= 0.6 is 11.3 Å². The summed E-state index contributed by atoms with van der Waals surface area (Å²) < 4.78 is 0. The molecular formula is C14H13N3OS. The number of anilines is 2. The highest BCUT2D eigenvalue weighted by atomic mass is 32.1. The number of amides is 1. The Morgan fingerprint density at radius 3 is 3.21 bits per heavy atom. The van der Waals surface area contributed by atoms with Crippen LogP contribution in [0.4, 0.5) is 11.5 Å². The normalized spacial score (nSPS) is 20.4. The summed E-state index contributed by atoms with van der Waals surface area (Å²) in [6.45, 7) is 2.83. The number of nitrogens with one attached hydrogen (secondary N) is 1. The summed E-state index contributed by atoms with van der Waals surface area (Å²) >= 11 is 1.74. The van der Waals surface area contributed by atoms with Crippen molar-refractivity contribution in [3.63, 3.8) is 0 Å². The lowest BCUT2D eigenvalue weighted by Crippen LogP contribution is -2.45. The molecule has 0 aromatic carbocycles. The molecular weight excluding hydrogens is 258 g/mol. The molecule has 0 fully saturated rings. The van der Waals surface area contributed by atoms with Crippen molar-refractivity contribution in [3.05, 3.63) is 39.7 Å². The highest BCUT2D eigenvalue weighted by Crippen LogP contribution is 2.41. The minimum atomic E-state index is -0.211. The summed E-state index contributed by atoms with van der Waals surface area (Å²) in [6.07, 6.45) is 0.992. The topological polar surface area (TPSA) is 45.2 Å². The van der Waals surface area contributed by atoms with Gasteiger partial charge >= 0.3 is 0 Å². The summed E-state index contributed by atoms with van der Waals surface area (Å²) in [5, 5.41) is 5.05. The Morgan fingerprint density at radius 2 is 2.32 bits per heavy atom. The first kappa shape index (κ1) is 11.0. The van der Waals surface area contributed by atoms with Crippen LogP contribution in [0.2, 0.25) is 0 Å². The van der Waals surface area contributed by atoms with E-state index in [1.165, 1.54) is 4.88 Å². The minimum absolute atomic E-state index is 0.0532. The molecule has 0 radical (unpaired) electrons. The van der Waals surface area contributed by atoms with Gasteiger partial charge < -0.3 is 10.2 Å². The lowest BCUT2D eigenvalue weighted by Gasteiger charge is -2.40. The van der Waals surface area contributed by atoms with Crippen LogP contribution in [-0.4, -0.2) is 17.4 Å². The molecule has 0 aliphatic carbocycles. The quantitative estimate of drug-likeness (QED) is 0.800. The molecule has 0 bridgehead atoms. The van der Waals surface area contributed by atoms with E-state index in [9.17, 15) is 4.79 Å². The first-order chi connectivity index (χ1) is 9.24. The number of aromatic nitrogens is 1. The number of hydrogen-bond acceptors (Lipinski definition) is 4. The minimum Gasteiger partial charge on any atom is -0.339 e. The van der Waals surface area contributed by atoms with E-state index in [1.54, 1.807) is 11.3 Å². The molecule has 4 nitrogen and oxygen atoms in total. The van der Waals surface area contributed by atoms with Gasteiger partial charge in [-0.2, -0.15) is 0 Å². The molecule has 4 rings (SSSR count). The Labute approximate surface area is 115 Å². The van der Waals surface area contributed by atoms with Crippen LogP contribution in [0.5, 0.6) is 0 Å². The van der Waals surface area contributed by atoms with Gasteiger partial charge in [0.05, 0.1) is 5.69 Å². The van der Waals surface area contributed by atoms with Gasteiger partial charge in [0.15, 0.2) is 5.82 Å². The van der Waals surface area contributed by atoms with Gasteiger partial charge in [0.1, 0.15) is 6.04 Å². The van der Waals surface area contributed by atoms with Gasteiger partial charge in [0.2, 0.25) is 0 Å². The third-order valence-electron chi connectivity index (χ3n) is 3.76. The first-order valence-corrected chi connectivity index (χ1v) is 7.23. The summed E-state index contributed by atoms with van der Waals surface area (Å²) in [7, 11) is 0. The average molecular weight is 271 g/mol. The number of nitrogens with zero attached hydrogens (tertiary/aromatic N) is 2. The first-order valence-electron chi connectivity index (χ1n) is 6.35. The number of pyridine rings is 1. The monoisotopic (exact) mass is 271 g/mol. The number of fused-ring (bicyclic) bond motifs is 5. The van der Waals surface area contributed by atoms with Gasteiger partial charge in [0.25, 0.3) is 5.91 Å². The highest BCUT2D eigenvalue weighted by Gasteiger charge is 2.39. The van der Waals surface area contributed by atoms with Crippen molar-refractivity contribution in [2.24, 2.45) is 0 Å². The van der Waals surface area contributed by atoms with Crippen molar-refractivity contribution in [1.82, 2.24) is 4.98 Å². The zero-order chi connectivity index (χ0) is 13.0. The fourth-order valence-corrected chi connectivity index (χ4v) is 3.79. The lowest BCUT2D eigenvalue weighted by molar-refractivity contribution is -0.117. The zero-order valence-electron chi connectivity index (χ0n) is 10.5. The molecule has 0 saturated heterocycles. The van der Waals surface area contributed by atoms with Gasteiger partial charge in [0, 0.05) is 17.1 Å². The number of hydrogen-bond donors (Lipinski definition) is 1. The SMILES string of the molecule is Cc1ccc2c(n1)N1CCc3sccc3C1C(=O)N2. The van der Waals surface area contributed by atoms with E-state index in [-0.39, 0.29) is 11.9 Å². The van der Waals surface area contributed by atoms with Crippen LogP contribution in [0.1, 0.15) is 22.2 Å². The predicted molar refractivity (Wildman–Crippen MR) is 75.7 cm³/mol. The maximum absolute atomic E-state index is 12.4. The molecule has 19 heavy (non-hydrogen) atoms. The maximum Gasteiger partial charge on any atom is 0.251 e. The largest absolute Gasteiger partial charge is 0.339 e. The standard InChI is InChI=1S/C14H13N3OS/c1-8-2-3-10-13(15-8)17-6-4-11-9(5-7-19-11)12(17)14(18)16-10/h2-3,5,7,12H,4,6H2,1H3,(H,16,18). The molecule has 2 aliphatic heterocycles. The van der Waals surface area contributed by atoms with E-state index < -0.39 is 0 Å². The number of aryl methyl sites for hydroxylation is 1. The number of rotatable bonds is 0. The van der Waals surface area contributed by atoms with Crippen LogP contribution in [0.3, 0.4) is 0 Å². The third kappa shape index (κ3) is 1.51. The van der Waals surface area contributed by atoms with Crippen molar-refractivity contribution in [2.45, 2.75) is 19.4 Å². The highest BCUT2D eigenvalue weighted by molar-refractivity contribution is 7.10. The van der Waals surface area contributed by atoms with Crippen molar-refractivity contribution in [2.75, 3.05) is 16.8 Å². The fourth-order valence-electron chi connectivity index (χ4n) is 2.89. The molecule has 1 atom stereocenters.